The molecule has 0 bridgehead atoms. The Morgan fingerprint density at radius 3 is 2.50 bits per heavy atom. The zero-order valence-corrected chi connectivity index (χ0v) is 11.3. The summed E-state index contributed by atoms with van der Waals surface area (Å²) < 4.78 is 0. The number of fused-ring (bicyclic) bond motifs is 1. The molecule has 0 aromatic heterocycles. The van der Waals surface area contributed by atoms with Gasteiger partial charge in [-0.2, -0.15) is 0 Å². The third-order valence-corrected chi connectivity index (χ3v) is 4.00. The first-order chi connectivity index (χ1) is 8.58. The minimum absolute atomic E-state index is 0.134. The predicted molar refractivity (Wildman–Crippen MR) is 72.9 cm³/mol. The number of carbonyl (C=O) groups is 1. The lowest BCUT2D eigenvalue weighted by Crippen LogP contribution is -2.13. The van der Waals surface area contributed by atoms with E-state index in [1.54, 1.807) is 0 Å². The first kappa shape index (κ1) is 13.1. The van der Waals surface area contributed by atoms with Gasteiger partial charge in [0, 0.05) is 0 Å². The van der Waals surface area contributed by atoms with Gasteiger partial charge in [-0.1, -0.05) is 32.0 Å². The Labute approximate surface area is 109 Å². The van der Waals surface area contributed by atoms with Gasteiger partial charge in [-0.15, -0.1) is 0 Å². The van der Waals surface area contributed by atoms with Crippen molar-refractivity contribution >= 4 is 5.97 Å². The van der Waals surface area contributed by atoms with E-state index >= 15 is 0 Å². The summed E-state index contributed by atoms with van der Waals surface area (Å²) in [4.78, 5) is 11.0. The average Bonchev–Trinajstić information content (AvgIpc) is 2.35. The van der Waals surface area contributed by atoms with Crippen LogP contribution in [0.25, 0.3) is 0 Å². The van der Waals surface area contributed by atoms with E-state index in [0.717, 1.165) is 6.42 Å². The maximum atomic E-state index is 11.0. The lowest BCUT2D eigenvalue weighted by Gasteiger charge is -2.23. The van der Waals surface area contributed by atoms with Crippen molar-refractivity contribution in [2.45, 2.75) is 51.9 Å². The van der Waals surface area contributed by atoms with Gasteiger partial charge in [0.25, 0.3) is 0 Å². The SMILES string of the molecule is CC(C)C(CC(=O)O)c1ccc2c(c1)CCCC2. The van der Waals surface area contributed by atoms with E-state index in [4.69, 9.17) is 5.11 Å². The van der Waals surface area contributed by atoms with Crippen LogP contribution in [0, 0.1) is 5.92 Å². The molecule has 1 unspecified atom stereocenters. The number of hydrogen-bond donors (Lipinski definition) is 1. The summed E-state index contributed by atoms with van der Waals surface area (Å²) in [6.07, 6.45) is 5.12. The molecule has 0 saturated heterocycles. The largest absolute Gasteiger partial charge is 0.481 e. The minimum atomic E-state index is -0.702. The van der Waals surface area contributed by atoms with Crippen molar-refractivity contribution in [2.24, 2.45) is 5.92 Å². The van der Waals surface area contributed by atoms with Gasteiger partial charge in [-0.25, -0.2) is 0 Å². The van der Waals surface area contributed by atoms with E-state index in [1.807, 2.05) is 0 Å². The molecule has 1 aromatic carbocycles. The number of benzene rings is 1. The molecule has 0 saturated carbocycles. The van der Waals surface area contributed by atoms with E-state index in [-0.39, 0.29) is 12.3 Å². The van der Waals surface area contributed by atoms with Gasteiger partial charge in [0.1, 0.15) is 0 Å². The topological polar surface area (TPSA) is 37.3 Å². The van der Waals surface area contributed by atoms with Crippen LogP contribution in [0.1, 0.15) is 55.7 Å². The third kappa shape index (κ3) is 2.92. The van der Waals surface area contributed by atoms with Gasteiger partial charge < -0.3 is 5.11 Å². The van der Waals surface area contributed by atoms with E-state index in [0.29, 0.717) is 5.92 Å². The van der Waals surface area contributed by atoms with Crippen LogP contribution in [0.4, 0.5) is 0 Å². The second-order valence-corrected chi connectivity index (χ2v) is 5.68. The normalized spacial score (nSPS) is 16.4. The second kappa shape index (κ2) is 5.55. The van der Waals surface area contributed by atoms with E-state index < -0.39 is 5.97 Å². The number of rotatable bonds is 4. The van der Waals surface area contributed by atoms with E-state index in [9.17, 15) is 4.79 Å². The highest BCUT2D eigenvalue weighted by Gasteiger charge is 2.20. The number of aryl methyl sites for hydroxylation is 2. The van der Waals surface area contributed by atoms with Crippen LogP contribution in [0.15, 0.2) is 18.2 Å². The fraction of sp³-hybridized carbons (Fsp3) is 0.562. The zero-order valence-electron chi connectivity index (χ0n) is 11.3. The Morgan fingerprint density at radius 2 is 1.89 bits per heavy atom. The molecule has 0 spiro atoms. The molecule has 0 aliphatic heterocycles. The van der Waals surface area contributed by atoms with Crippen LogP contribution >= 0.6 is 0 Å². The summed E-state index contributed by atoms with van der Waals surface area (Å²) in [5, 5.41) is 9.03. The highest BCUT2D eigenvalue weighted by atomic mass is 16.4. The van der Waals surface area contributed by atoms with Gasteiger partial charge in [0.2, 0.25) is 0 Å². The Hall–Kier alpha value is -1.31. The van der Waals surface area contributed by atoms with Crippen molar-refractivity contribution in [3.05, 3.63) is 34.9 Å². The lowest BCUT2D eigenvalue weighted by atomic mass is 9.82. The number of carboxylic acids is 1. The smallest absolute Gasteiger partial charge is 0.303 e. The Morgan fingerprint density at radius 1 is 1.22 bits per heavy atom. The van der Waals surface area contributed by atoms with Crippen LogP contribution < -0.4 is 0 Å². The molecular weight excluding hydrogens is 224 g/mol. The third-order valence-electron chi connectivity index (χ3n) is 4.00. The van der Waals surface area contributed by atoms with Gasteiger partial charge >= 0.3 is 5.97 Å². The molecule has 98 valence electrons. The lowest BCUT2D eigenvalue weighted by molar-refractivity contribution is -0.137. The van der Waals surface area contributed by atoms with Crippen molar-refractivity contribution in [1.29, 1.82) is 0 Å². The Kier molecular flexibility index (Phi) is 4.05. The summed E-state index contributed by atoms with van der Waals surface area (Å²) in [5.74, 6) is -0.205. The van der Waals surface area contributed by atoms with Crippen LogP contribution in [0.3, 0.4) is 0 Å². The standard InChI is InChI=1S/C16H22O2/c1-11(2)15(10-16(17)18)14-8-7-12-5-3-4-6-13(12)9-14/h7-9,11,15H,3-6,10H2,1-2H3,(H,17,18). The summed E-state index contributed by atoms with van der Waals surface area (Å²) in [6, 6.07) is 6.60. The molecule has 1 aliphatic rings. The monoisotopic (exact) mass is 246 g/mol. The first-order valence-corrected chi connectivity index (χ1v) is 6.91. The molecule has 18 heavy (non-hydrogen) atoms. The molecule has 2 heteroatoms. The quantitative estimate of drug-likeness (QED) is 0.877. The minimum Gasteiger partial charge on any atom is -0.481 e. The molecule has 1 atom stereocenters. The highest BCUT2D eigenvalue weighted by molar-refractivity contribution is 5.68. The maximum Gasteiger partial charge on any atom is 0.303 e. The van der Waals surface area contributed by atoms with E-state index in [1.165, 1.54) is 36.0 Å². The molecule has 1 N–H and O–H groups in total. The zero-order chi connectivity index (χ0) is 13.1. The molecule has 0 radical (unpaired) electrons. The summed E-state index contributed by atoms with van der Waals surface area (Å²) in [5.41, 5.74) is 4.10. The van der Waals surface area contributed by atoms with Gasteiger partial charge in [0.05, 0.1) is 6.42 Å². The maximum absolute atomic E-state index is 11.0. The highest BCUT2D eigenvalue weighted by Crippen LogP contribution is 2.31. The molecule has 1 aromatic rings. The van der Waals surface area contributed by atoms with Crippen molar-refractivity contribution in [2.75, 3.05) is 0 Å². The second-order valence-electron chi connectivity index (χ2n) is 5.68. The summed E-state index contributed by atoms with van der Waals surface area (Å²) in [6.45, 7) is 4.21. The number of aliphatic carboxylic acids is 1. The van der Waals surface area contributed by atoms with Crippen molar-refractivity contribution in [3.8, 4) is 0 Å². The summed E-state index contributed by atoms with van der Waals surface area (Å²) >= 11 is 0. The molecule has 1 aliphatic carbocycles. The van der Waals surface area contributed by atoms with Crippen molar-refractivity contribution < 1.29 is 9.90 Å². The van der Waals surface area contributed by atoms with Gasteiger partial charge in [-0.3, -0.25) is 4.79 Å². The van der Waals surface area contributed by atoms with Gasteiger partial charge in [-0.05, 0) is 54.2 Å². The molecule has 2 nitrogen and oxygen atoms in total. The number of carboxylic acid groups (broad SMARTS) is 1. The predicted octanol–water partition coefficient (Wildman–Crippen LogP) is 3.78. The Balaban J connectivity index is 2.27. The van der Waals surface area contributed by atoms with Gasteiger partial charge in [0.15, 0.2) is 0 Å². The molecule has 0 heterocycles. The van der Waals surface area contributed by atoms with Crippen molar-refractivity contribution in [3.63, 3.8) is 0 Å². The van der Waals surface area contributed by atoms with Crippen LogP contribution in [-0.4, -0.2) is 11.1 Å². The number of hydrogen-bond acceptors (Lipinski definition) is 1. The fourth-order valence-corrected chi connectivity index (χ4v) is 2.91. The molecular formula is C16H22O2. The first-order valence-electron chi connectivity index (χ1n) is 6.91. The van der Waals surface area contributed by atoms with E-state index in [2.05, 4.69) is 32.0 Å². The molecule has 0 fully saturated rings. The molecule has 0 amide bonds. The van der Waals surface area contributed by atoms with Crippen molar-refractivity contribution in [1.82, 2.24) is 0 Å². The Bertz CT molecular complexity index is 435. The van der Waals surface area contributed by atoms with Crippen LogP contribution in [0.5, 0.6) is 0 Å². The summed E-state index contributed by atoms with van der Waals surface area (Å²) in [7, 11) is 0. The average molecular weight is 246 g/mol. The fourth-order valence-electron chi connectivity index (χ4n) is 2.91. The molecule has 2 rings (SSSR count). The van der Waals surface area contributed by atoms with Crippen LogP contribution in [0.2, 0.25) is 0 Å². The van der Waals surface area contributed by atoms with Crippen LogP contribution in [-0.2, 0) is 17.6 Å².